The van der Waals surface area contributed by atoms with Gasteiger partial charge in [0, 0.05) is 23.2 Å². The molecule has 4 heteroatoms. The molecule has 0 aromatic carbocycles. The lowest BCUT2D eigenvalue weighted by molar-refractivity contribution is -0.225. The molecule has 0 aliphatic heterocycles. The number of rotatable bonds is 0. The zero-order valence-corrected chi connectivity index (χ0v) is 14.9. The number of hydrogen-bond acceptors (Lipinski definition) is 3. The van der Waals surface area contributed by atoms with Gasteiger partial charge >= 0.3 is 0 Å². The highest BCUT2D eigenvalue weighted by Crippen LogP contribution is 2.70. The molecule has 0 saturated heterocycles. The van der Waals surface area contributed by atoms with Gasteiger partial charge in [0.05, 0.1) is 11.7 Å². The molecule has 3 nitrogen and oxygen atoms in total. The van der Waals surface area contributed by atoms with E-state index in [1.165, 1.54) is 0 Å². The Morgan fingerprint density at radius 2 is 1.83 bits per heavy atom. The van der Waals surface area contributed by atoms with Crippen molar-refractivity contribution < 1.29 is 19.4 Å². The van der Waals surface area contributed by atoms with Crippen LogP contribution < -0.4 is 0 Å². The molecule has 4 aliphatic carbocycles. The fraction of sp³-hybridized carbons (Fsp3) is 0.850. The molecule has 3 saturated carbocycles. The first-order chi connectivity index (χ1) is 11.1. The molecular formula is C20H29FO3. The van der Waals surface area contributed by atoms with Crippen LogP contribution in [0.15, 0.2) is 11.6 Å². The van der Waals surface area contributed by atoms with E-state index in [0.717, 1.165) is 18.4 Å². The van der Waals surface area contributed by atoms with Gasteiger partial charge in [0.15, 0.2) is 5.78 Å². The highest BCUT2D eigenvalue weighted by atomic mass is 19.1. The van der Waals surface area contributed by atoms with Gasteiger partial charge < -0.3 is 10.2 Å². The highest BCUT2D eigenvalue weighted by molar-refractivity contribution is 5.91. The van der Waals surface area contributed by atoms with Crippen LogP contribution >= 0.6 is 0 Å². The van der Waals surface area contributed by atoms with Gasteiger partial charge in [-0.05, 0) is 57.4 Å². The summed E-state index contributed by atoms with van der Waals surface area (Å²) >= 11 is 0. The summed E-state index contributed by atoms with van der Waals surface area (Å²) in [4.78, 5) is 11.8. The summed E-state index contributed by atoms with van der Waals surface area (Å²) in [6.07, 6.45) is 4.60. The number of halogens is 1. The highest BCUT2D eigenvalue weighted by Gasteiger charge is 2.72. The summed E-state index contributed by atoms with van der Waals surface area (Å²) in [5.74, 6) is -0.0593. The van der Waals surface area contributed by atoms with Gasteiger partial charge in [0.2, 0.25) is 0 Å². The molecule has 4 aliphatic rings. The van der Waals surface area contributed by atoms with Gasteiger partial charge in [-0.3, -0.25) is 4.79 Å². The SMILES string of the molecule is CC1(O)CC[C@H]2[C@@H]3CCC4=CC(=O)CC[C@]4(C)C3(F)C(O)C[C@@]21C. The van der Waals surface area contributed by atoms with Crippen molar-refractivity contribution in [2.24, 2.45) is 22.7 Å². The number of carbonyl (C=O) groups is 1. The molecular weight excluding hydrogens is 307 g/mol. The molecule has 0 radical (unpaired) electrons. The maximum absolute atomic E-state index is 16.6. The van der Waals surface area contributed by atoms with E-state index in [1.807, 2.05) is 20.8 Å². The van der Waals surface area contributed by atoms with Crippen LogP contribution in [0.25, 0.3) is 0 Å². The van der Waals surface area contributed by atoms with Crippen molar-refractivity contribution >= 4 is 5.78 Å². The Hall–Kier alpha value is -0.740. The Balaban J connectivity index is 1.82. The number of allylic oxidation sites excluding steroid dienone is 1. The van der Waals surface area contributed by atoms with E-state index in [2.05, 4.69) is 0 Å². The van der Waals surface area contributed by atoms with Gasteiger partial charge in [-0.2, -0.15) is 0 Å². The maximum atomic E-state index is 16.6. The first-order valence-electron chi connectivity index (χ1n) is 9.39. The fourth-order valence-electron chi connectivity index (χ4n) is 6.79. The summed E-state index contributed by atoms with van der Waals surface area (Å²) in [5, 5.41) is 21.9. The van der Waals surface area contributed by atoms with E-state index in [-0.39, 0.29) is 17.6 Å². The quantitative estimate of drug-likeness (QED) is 0.713. The summed E-state index contributed by atoms with van der Waals surface area (Å²) < 4.78 is 16.6. The molecule has 4 rings (SSSR count). The van der Waals surface area contributed by atoms with Gasteiger partial charge in [-0.15, -0.1) is 0 Å². The van der Waals surface area contributed by atoms with Gasteiger partial charge in [-0.25, -0.2) is 4.39 Å². The first kappa shape index (κ1) is 16.7. The number of aliphatic hydroxyl groups is 2. The second-order valence-corrected chi connectivity index (χ2v) is 9.44. The van der Waals surface area contributed by atoms with E-state index < -0.39 is 28.2 Å². The predicted molar refractivity (Wildman–Crippen MR) is 89.1 cm³/mol. The Morgan fingerprint density at radius 3 is 2.54 bits per heavy atom. The lowest BCUT2D eigenvalue weighted by Crippen LogP contribution is -2.68. The fourth-order valence-corrected chi connectivity index (χ4v) is 6.79. The standard InChI is InChI=1S/C20H29FO3/c1-17-8-6-13(22)10-12(17)4-5-15-14-7-9-19(3,24)18(14,2)11-16(23)20(15,17)21/h10,14-16,23-24H,4-9,11H2,1-3H3/t14-,15-,16?,17-,18-,19?,20?/m0/s1. The topological polar surface area (TPSA) is 57.5 Å². The van der Waals surface area contributed by atoms with Crippen molar-refractivity contribution in [1.29, 1.82) is 0 Å². The molecule has 0 heterocycles. The summed E-state index contributed by atoms with van der Waals surface area (Å²) in [6.45, 7) is 5.79. The summed E-state index contributed by atoms with van der Waals surface area (Å²) in [7, 11) is 0. The van der Waals surface area contributed by atoms with Crippen molar-refractivity contribution in [3.05, 3.63) is 11.6 Å². The average molecular weight is 336 g/mol. The molecule has 0 bridgehead atoms. The lowest BCUT2D eigenvalue weighted by atomic mass is 9.44. The van der Waals surface area contributed by atoms with E-state index in [1.54, 1.807) is 6.08 Å². The number of ketones is 1. The summed E-state index contributed by atoms with van der Waals surface area (Å²) in [6, 6.07) is 0. The van der Waals surface area contributed by atoms with Crippen molar-refractivity contribution in [3.8, 4) is 0 Å². The van der Waals surface area contributed by atoms with Crippen LogP contribution in [0.4, 0.5) is 4.39 Å². The molecule has 134 valence electrons. The number of fused-ring (bicyclic) bond motifs is 5. The first-order valence-corrected chi connectivity index (χ1v) is 9.39. The molecule has 3 unspecified atom stereocenters. The average Bonchev–Trinajstić information content (AvgIpc) is 2.72. The number of carbonyl (C=O) groups excluding carboxylic acids is 1. The molecule has 3 fully saturated rings. The molecule has 0 spiro atoms. The van der Waals surface area contributed by atoms with Crippen molar-refractivity contribution in [3.63, 3.8) is 0 Å². The van der Waals surface area contributed by atoms with Crippen LogP contribution in [0.3, 0.4) is 0 Å². The van der Waals surface area contributed by atoms with E-state index in [9.17, 15) is 15.0 Å². The second-order valence-electron chi connectivity index (χ2n) is 9.44. The summed E-state index contributed by atoms with van der Waals surface area (Å²) in [5.41, 5.74) is -2.83. The van der Waals surface area contributed by atoms with Crippen molar-refractivity contribution in [1.82, 2.24) is 0 Å². The van der Waals surface area contributed by atoms with Crippen molar-refractivity contribution in [2.45, 2.75) is 83.1 Å². The van der Waals surface area contributed by atoms with Crippen molar-refractivity contribution in [2.75, 3.05) is 0 Å². The number of hydrogen-bond donors (Lipinski definition) is 2. The molecule has 7 atom stereocenters. The largest absolute Gasteiger partial charge is 0.390 e. The number of aliphatic hydroxyl groups excluding tert-OH is 1. The van der Waals surface area contributed by atoms with Crippen LogP contribution in [-0.4, -0.2) is 33.4 Å². The monoisotopic (exact) mass is 336 g/mol. The third-order valence-electron chi connectivity index (χ3n) is 8.60. The normalized spacial score (nSPS) is 57.0. The van der Waals surface area contributed by atoms with Crippen LogP contribution in [0.1, 0.15) is 65.7 Å². The molecule has 0 aromatic rings. The Bertz CT molecular complexity index is 626. The second kappa shape index (κ2) is 4.70. The number of alkyl halides is 1. The van der Waals surface area contributed by atoms with E-state index in [4.69, 9.17) is 0 Å². The predicted octanol–water partition coefficient (Wildman–Crippen LogP) is 3.33. The minimum absolute atomic E-state index is 0.0865. The van der Waals surface area contributed by atoms with Crippen LogP contribution in [-0.2, 0) is 4.79 Å². The Kier molecular flexibility index (Phi) is 3.27. The smallest absolute Gasteiger partial charge is 0.155 e. The maximum Gasteiger partial charge on any atom is 0.155 e. The molecule has 0 aromatic heterocycles. The Morgan fingerprint density at radius 1 is 1.12 bits per heavy atom. The third kappa shape index (κ3) is 1.72. The van der Waals surface area contributed by atoms with Crippen LogP contribution in [0, 0.1) is 22.7 Å². The zero-order valence-electron chi connectivity index (χ0n) is 14.9. The third-order valence-corrected chi connectivity index (χ3v) is 8.60. The van der Waals surface area contributed by atoms with Crippen LogP contribution in [0.5, 0.6) is 0 Å². The Labute approximate surface area is 143 Å². The van der Waals surface area contributed by atoms with E-state index >= 15 is 4.39 Å². The molecule has 0 amide bonds. The minimum atomic E-state index is -1.69. The minimum Gasteiger partial charge on any atom is -0.390 e. The van der Waals surface area contributed by atoms with Gasteiger partial charge in [0.25, 0.3) is 0 Å². The molecule has 24 heavy (non-hydrogen) atoms. The van der Waals surface area contributed by atoms with Crippen LogP contribution in [0.2, 0.25) is 0 Å². The van der Waals surface area contributed by atoms with Gasteiger partial charge in [-0.1, -0.05) is 19.4 Å². The lowest BCUT2D eigenvalue weighted by Gasteiger charge is -2.63. The van der Waals surface area contributed by atoms with E-state index in [0.29, 0.717) is 32.1 Å². The zero-order chi connectivity index (χ0) is 17.5. The molecule has 2 N–H and O–H groups in total. The van der Waals surface area contributed by atoms with Gasteiger partial charge in [0.1, 0.15) is 5.67 Å².